The summed E-state index contributed by atoms with van der Waals surface area (Å²) in [6, 6.07) is 4.09. The Morgan fingerprint density at radius 1 is 1.50 bits per heavy atom. The van der Waals surface area contributed by atoms with Crippen LogP contribution in [0.25, 0.3) is 9.75 Å². The third-order valence-electron chi connectivity index (χ3n) is 2.38. The first-order valence-electron chi connectivity index (χ1n) is 6.06. The molecule has 4 nitrogen and oxygen atoms in total. The fourth-order valence-electron chi connectivity index (χ4n) is 1.59. The summed E-state index contributed by atoms with van der Waals surface area (Å²) >= 11 is 3.15. The Labute approximate surface area is 125 Å². The molecular weight excluding hydrogens is 290 g/mol. The predicted molar refractivity (Wildman–Crippen MR) is 87.1 cm³/mol. The largest absolute Gasteiger partial charge is 0.302 e. The first kappa shape index (κ1) is 14.6. The molecule has 0 aliphatic rings. The van der Waals surface area contributed by atoms with E-state index in [1.165, 1.54) is 18.3 Å². The van der Waals surface area contributed by atoms with E-state index in [1.54, 1.807) is 17.4 Å². The maximum atomic E-state index is 11.1. The van der Waals surface area contributed by atoms with Crippen LogP contribution in [0.4, 0.5) is 5.13 Å². The molecule has 1 N–H and O–H groups in total. The molecule has 0 saturated heterocycles. The van der Waals surface area contributed by atoms with Crippen LogP contribution in [0.5, 0.6) is 0 Å². The molecule has 2 heterocycles. The van der Waals surface area contributed by atoms with Crippen LogP contribution in [-0.4, -0.2) is 23.7 Å². The summed E-state index contributed by atoms with van der Waals surface area (Å²) in [6.45, 7) is 7.68. The molecule has 2 aromatic heterocycles. The van der Waals surface area contributed by atoms with Crippen molar-refractivity contribution < 1.29 is 4.79 Å². The van der Waals surface area contributed by atoms with E-state index in [0.717, 1.165) is 20.3 Å². The van der Waals surface area contributed by atoms with Gasteiger partial charge in [0.2, 0.25) is 5.91 Å². The highest BCUT2D eigenvalue weighted by atomic mass is 32.1. The van der Waals surface area contributed by atoms with Crippen molar-refractivity contribution in [3.8, 4) is 9.75 Å². The van der Waals surface area contributed by atoms with E-state index >= 15 is 0 Å². The van der Waals surface area contributed by atoms with Crippen LogP contribution >= 0.6 is 22.7 Å². The van der Waals surface area contributed by atoms with Gasteiger partial charge in [-0.25, -0.2) is 4.98 Å². The lowest BCUT2D eigenvalue weighted by atomic mass is 10.3. The van der Waals surface area contributed by atoms with Gasteiger partial charge in [0.25, 0.3) is 0 Å². The van der Waals surface area contributed by atoms with Crippen molar-refractivity contribution in [2.24, 2.45) is 4.99 Å². The van der Waals surface area contributed by atoms with Gasteiger partial charge < -0.3 is 5.32 Å². The van der Waals surface area contributed by atoms with E-state index in [2.05, 4.69) is 27.9 Å². The maximum Gasteiger partial charge on any atom is 0.223 e. The van der Waals surface area contributed by atoms with Gasteiger partial charge in [-0.15, -0.1) is 17.9 Å². The fraction of sp³-hybridized carbons (Fsp3) is 0.214. The zero-order valence-electron chi connectivity index (χ0n) is 11.3. The standard InChI is InChI=1S/C14H15N3OS2/c1-4-7-15-8-11-5-6-12(19-11)13-9(2)16-14(20-13)17-10(3)18/h4-6,8H,1,7H2,2-3H3,(H,16,17,18). The lowest BCUT2D eigenvalue weighted by molar-refractivity contribution is -0.114. The Kier molecular flexibility index (Phi) is 4.81. The van der Waals surface area contributed by atoms with E-state index in [4.69, 9.17) is 0 Å². The summed E-state index contributed by atoms with van der Waals surface area (Å²) in [6.07, 6.45) is 3.61. The van der Waals surface area contributed by atoms with Crippen molar-refractivity contribution in [3.05, 3.63) is 35.4 Å². The highest BCUT2D eigenvalue weighted by Gasteiger charge is 2.12. The molecule has 0 radical (unpaired) electrons. The fourth-order valence-corrected chi connectivity index (χ4v) is 3.67. The van der Waals surface area contributed by atoms with Gasteiger partial charge in [0.1, 0.15) is 0 Å². The molecule has 2 rings (SSSR count). The van der Waals surface area contributed by atoms with E-state index in [0.29, 0.717) is 11.7 Å². The molecule has 1 amide bonds. The quantitative estimate of drug-likeness (QED) is 0.675. The number of rotatable bonds is 5. The minimum absolute atomic E-state index is 0.103. The van der Waals surface area contributed by atoms with E-state index < -0.39 is 0 Å². The molecule has 0 aliphatic heterocycles. The molecule has 0 spiro atoms. The first-order valence-corrected chi connectivity index (χ1v) is 7.69. The van der Waals surface area contributed by atoms with Crippen LogP contribution in [0, 0.1) is 6.92 Å². The highest BCUT2D eigenvalue weighted by Crippen LogP contribution is 2.36. The van der Waals surface area contributed by atoms with Crippen molar-refractivity contribution in [2.45, 2.75) is 13.8 Å². The van der Waals surface area contributed by atoms with Crippen molar-refractivity contribution >= 4 is 39.9 Å². The second-order valence-electron chi connectivity index (χ2n) is 4.10. The van der Waals surface area contributed by atoms with E-state index in [1.807, 2.05) is 19.2 Å². The molecule has 0 aliphatic carbocycles. The maximum absolute atomic E-state index is 11.1. The van der Waals surface area contributed by atoms with Gasteiger partial charge >= 0.3 is 0 Å². The summed E-state index contributed by atoms with van der Waals surface area (Å²) in [5.41, 5.74) is 0.926. The number of nitrogens with one attached hydrogen (secondary N) is 1. The Balaban J connectivity index is 2.21. The summed E-state index contributed by atoms with van der Waals surface area (Å²) in [4.78, 5) is 23.0. The number of aryl methyl sites for hydroxylation is 1. The summed E-state index contributed by atoms with van der Waals surface area (Å²) in [5.74, 6) is -0.103. The van der Waals surface area contributed by atoms with Gasteiger partial charge in [-0.05, 0) is 19.1 Å². The van der Waals surface area contributed by atoms with Crippen LogP contribution in [0.3, 0.4) is 0 Å². The van der Waals surface area contributed by atoms with Crippen LogP contribution in [0.15, 0.2) is 29.8 Å². The second-order valence-corrected chi connectivity index (χ2v) is 6.21. The van der Waals surface area contributed by atoms with E-state index in [-0.39, 0.29) is 5.91 Å². The van der Waals surface area contributed by atoms with Gasteiger partial charge in [0, 0.05) is 22.9 Å². The number of thiazole rings is 1. The van der Waals surface area contributed by atoms with Crippen LogP contribution in [0.2, 0.25) is 0 Å². The minimum atomic E-state index is -0.103. The lowest BCUT2D eigenvalue weighted by Crippen LogP contribution is -2.04. The van der Waals surface area contributed by atoms with E-state index in [9.17, 15) is 4.79 Å². The number of aromatic nitrogens is 1. The van der Waals surface area contributed by atoms with Gasteiger partial charge in [-0.2, -0.15) is 0 Å². The molecule has 0 aromatic carbocycles. The number of hydrogen-bond acceptors (Lipinski definition) is 5. The van der Waals surface area contributed by atoms with Crippen molar-refractivity contribution in [2.75, 3.05) is 11.9 Å². The highest BCUT2D eigenvalue weighted by molar-refractivity contribution is 7.24. The first-order chi connectivity index (χ1) is 9.60. The number of aliphatic imine (C=N–C) groups is 1. The number of hydrogen-bond donors (Lipinski definition) is 1. The average molecular weight is 305 g/mol. The molecule has 20 heavy (non-hydrogen) atoms. The summed E-state index contributed by atoms with van der Waals surface area (Å²) in [5, 5.41) is 3.36. The summed E-state index contributed by atoms with van der Waals surface area (Å²) < 4.78 is 0. The van der Waals surface area contributed by atoms with Crippen molar-refractivity contribution in [1.82, 2.24) is 4.98 Å². The molecule has 104 valence electrons. The third-order valence-corrected chi connectivity index (χ3v) is 4.66. The van der Waals surface area contributed by atoms with Crippen LogP contribution in [-0.2, 0) is 4.79 Å². The van der Waals surface area contributed by atoms with Gasteiger partial charge in [0.05, 0.1) is 17.1 Å². The molecule has 0 bridgehead atoms. The molecule has 0 saturated carbocycles. The van der Waals surface area contributed by atoms with Crippen molar-refractivity contribution in [1.29, 1.82) is 0 Å². The lowest BCUT2D eigenvalue weighted by Gasteiger charge is -1.92. The Bertz CT molecular complexity index is 655. The summed E-state index contributed by atoms with van der Waals surface area (Å²) in [7, 11) is 0. The zero-order chi connectivity index (χ0) is 14.5. The van der Waals surface area contributed by atoms with Gasteiger partial charge in [-0.3, -0.25) is 9.79 Å². The monoisotopic (exact) mass is 305 g/mol. The average Bonchev–Trinajstić information content (AvgIpc) is 2.96. The number of amides is 1. The third kappa shape index (κ3) is 3.61. The number of thiophene rings is 1. The number of carbonyl (C=O) groups excluding carboxylic acids is 1. The van der Waals surface area contributed by atoms with Gasteiger partial charge in [-0.1, -0.05) is 17.4 Å². The second kappa shape index (κ2) is 6.58. The van der Waals surface area contributed by atoms with Gasteiger partial charge in [0.15, 0.2) is 5.13 Å². The normalized spacial score (nSPS) is 10.9. The number of carbonyl (C=O) groups is 1. The predicted octanol–water partition coefficient (Wildman–Crippen LogP) is 3.74. The Morgan fingerprint density at radius 2 is 2.30 bits per heavy atom. The Morgan fingerprint density at radius 3 is 3.00 bits per heavy atom. The topological polar surface area (TPSA) is 54.4 Å². The number of anilines is 1. The van der Waals surface area contributed by atoms with Crippen LogP contribution < -0.4 is 5.32 Å². The number of nitrogens with zero attached hydrogens (tertiary/aromatic N) is 2. The molecule has 0 fully saturated rings. The molecule has 6 heteroatoms. The zero-order valence-corrected chi connectivity index (χ0v) is 13.0. The smallest absolute Gasteiger partial charge is 0.223 e. The van der Waals surface area contributed by atoms with Crippen LogP contribution in [0.1, 0.15) is 17.5 Å². The molecule has 0 unspecified atom stereocenters. The molecule has 0 atom stereocenters. The molecule has 2 aromatic rings. The SMILES string of the molecule is C=CCN=Cc1ccc(-c2sc(NC(C)=O)nc2C)s1. The molecular formula is C14H15N3OS2. The van der Waals surface area contributed by atoms with Crippen molar-refractivity contribution in [3.63, 3.8) is 0 Å². The minimum Gasteiger partial charge on any atom is -0.302 e. The Hall–Kier alpha value is -1.79.